The van der Waals surface area contributed by atoms with Crippen molar-refractivity contribution in [1.82, 2.24) is 10.2 Å². The molecule has 3 nitrogen and oxygen atoms in total. The number of ether oxygens (including phenoxy) is 1. The van der Waals surface area contributed by atoms with E-state index in [1.807, 2.05) is 0 Å². The maximum atomic E-state index is 5.52. The summed E-state index contributed by atoms with van der Waals surface area (Å²) in [6.07, 6.45) is 3.69. The van der Waals surface area contributed by atoms with Gasteiger partial charge in [0.05, 0.1) is 6.61 Å². The van der Waals surface area contributed by atoms with Gasteiger partial charge in [0, 0.05) is 32.3 Å². The van der Waals surface area contributed by atoms with E-state index in [4.69, 9.17) is 4.74 Å². The average Bonchev–Trinajstić information content (AvgIpc) is 2.48. The molecule has 1 atom stereocenters. The highest BCUT2D eigenvalue weighted by atomic mass is 16.5. The van der Waals surface area contributed by atoms with Gasteiger partial charge in [0.25, 0.3) is 0 Å². The number of piperidine rings is 1. The number of hydrogen-bond donors (Lipinski definition) is 1. The molecule has 20 heavy (non-hydrogen) atoms. The third kappa shape index (κ3) is 5.61. The van der Waals surface area contributed by atoms with Crippen LogP contribution in [-0.2, 0) is 11.3 Å². The Bertz CT molecular complexity index is 355. The van der Waals surface area contributed by atoms with Gasteiger partial charge < -0.3 is 10.1 Å². The number of rotatable bonds is 8. The third-order valence-electron chi connectivity index (χ3n) is 3.78. The predicted molar refractivity (Wildman–Crippen MR) is 83.9 cm³/mol. The highest BCUT2D eigenvalue weighted by Crippen LogP contribution is 2.13. The van der Waals surface area contributed by atoms with E-state index in [1.165, 1.54) is 24.9 Å². The molecule has 3 heteroatoms. The zero-order chi connectivity index (χ0) is 14.0. The lowest BCUT2D eigenvalue weighted by Gasteiger charge is -2.33. The molecule has 0 amide bonds. The van der Waals surface area contributed by atoms with E-state index in [-0.39, 0.29) is 0 Å². The van der Waals surface area contributed by atoms with Crippen molar-refractivity contribution in [1.29, 1.82) is 0 Å². The van der Waals surface area contributed by atoms with Gasteiger partial charge in [-0.25, -0.2) is 0 Å². The van der Waals surface area contributed by atoms with Crippen LogP contribution in [-0.4, -0.2) is 43.8 Å². The van der Waals surface area contributed by atoms with Gasteiger partial charge in [-0.1, -0.05) is 37.3 Å². The molecule has 1 unspecified atom stereocenters. The van der Waals surface area contributed by atoms with Gasteiger partial charge in [0.1, 0.15) is 0 Å². The van der Waals surface area contributed by atoms with Crippen molar-refractivity contribution in [2.45, 2.75) is 38.8 Å². The highest BCUT2D eigenvalue weighted by Gasteiger charge is 2.19. The number of likely N-dealkylation sites (tertiary alicyclic amines) is 1. The lowest BCUT2D eigenvalue weighted by atomic mass is 10.0. The smallest absolute Gasteiger partial charge is 0.0591 e. The zero-order valence-electron chi connectivity index (χ0n) is 12.7. The van der Waals surface area contributed by atoms with Gasteiger partial charge in [-0.2, -0.15) is 0 Å². The summed E-state index contributed by atoms with van der Waals surface area (Å²) in [4.78, 5) is 2.56. The second kappa shape index (κ2) is 9.11. The van der Waals surface area contributed by atoms with E-state index in [0.29, 0.717) is 6.04 Å². The van der Waals surface area contributed by atoms with Crippen LogP contribution in [0, 0.1) is 0 Å². The quantitative estimate of drug-likeness (QED) is 0.739. The van der Waals surface area contributed by atoms with Gasteiger partial charge in [-0.05, 0) is 31.4 Å². The van der Waals surface area contributed by atoms with E-state index >= 15 is 0 Å². The molecule has 1 aromatic carbocycles. The monoisotopic (exact) mass is 276 g/mol. The summed E-state index contributed by atoms with van der Waals surface area (Å²) < 4.78 is 5.52. The molecule has 1 aromatic rings. The van der Waals surface area contributed by atoms with Gasteiger partial charge >= 0.3 is 0 Å². The molecule has 1 heterocycles. The van der Waals surface area contributed by atoms with Crippen LogP contribution in [0.25, 0.3) is 0 Å². The SMILES string of the molecule is CCCOCCNC1CCCN(Cc2ccccc2)C1. The molecule has 1 N–H and O–H groups in total. The Morgan fingerprint density at radius 1 is 1.25 bits per heavy atom. The molecule has 1 saturated heterocycles. The fraction of sp³-hybridized carbons (Fsp3) is 0.647. The van der Waals surface area contributed by atoms with Crippen LogP contribution in [0.15, 0.2) is 30.3 Å². The van der Waals surface area contributed by atoms with Crippen LogP contribution in [0.5, 0.6) is 0 Å². The van der Waals surface area contributed by atoms with Crippen LogP contribution in [0.2, 0.25) is 0 Å². The summed E-state index contributed by atoms with van der Waals surface area (Å²) in [6, 6.07) is 11.4. The first-order chi connectivity index (χ1) is 9.88. The minimum Gasteiger partial charge on any atom is -0.380 e. The second-order valence-corrected chi connectivity index (χ2v) is 5.63. The van der Waals surface area contributed by atoms with Crippen molar-refractivity contribution in [2.24, 2.45) is 0 Å². The lowest BCUT2D eigenvalue weighted by molar-refractivity contribution is 0.125. The molecular weight excluding hydrogens is 248 g/mol. The summed E-state index contributed by atoms with van der Waals surface area (Å²) in [6.45, 7) is 8.29. The van der Waals surface area contributed by atoms with Gasteiger partial charge in [-0.3, -0.25) is 4.90 Å². The van der Waals surface area contributed by atoms with Gasteiger partial charge in [0.2, 0.25) is 0 Å². The van der Waals surface area contributed by atoms with Crippen LogP contribution in [0.4, 0.5) is 0 Å². The molecule has 0 bridgehead atoms. The maximum Gasteiger partial charge on any atom is 0.0591 e. The summed E-state index contributed by atoms with van der Waals surface area (Å²) in [5.74, 6) is 0. The standard InChI is InChI=1S/C17H28N2O/c1-2-12-20-13-10-18-17-9-6-11-19(15-17)14-16-7-4-3-5-8-16/h3-5,7-8,17-18H,2,6,9-15H2,1H3. The summed E-state index contributed by atoms with van der Waals surface area (Å²) in [5.41, 5.74) is 1.42. The second-order valence-electron chi connectivity index (χ2n) is 5.63. The van der Waals surface area contributed by atoms with Crippen molar-refractivity contribution in [3.63, 3.8) is 0 Å². The Balaban J connectivity index is 1.66. The minimum absolute atomic E-state index is 0.623. The molecule has 0 aliphatic carbocycles. The van der Waals surface area contributed by atoms with E-state index in [1.54, 1.807) is 0 Å². The molecule has 0 spiro atoms. The lowest BCUT2D eigenvalue weighted by Crippen LogP contribution is -2.46. The van der Waals surface area contributed by atoms with Crippen molar-refractivity contribution >= 4 is 0 Å². The van der Waals surface area contributed by atoms with E-state index in [2.05, 4.69) is 47.5 Å². The number of benzene rings is 1. The topological polar surface area (TPSA) is 24.5 Å². The number of hydrogen-bond acceptors (Lipinski definition) is 3. The fourth-order valence-corrected chi connectivity index (χ4v) is 2.79. The normalized spacial score (nSPS) is 20.1. The molecule has 0 aromatic heterocycles. The van der Waals surface area contributed by atoms with Crippen molar-refractivity contribution < 1.29 is 4.74 Å². The van der Waals surface area contributed by atoms with Crippen molar-refractivity contribution in [3.05, 3.63) is 35.9 Å². The maximum absolute atomic E-state index is 5.52. The number of nitrogens with zero attached hydrogens (tertiary/aromatic N) is 1. The Morgan fingerprint density at radius 2 is 2.10 bits per heavy atom. The first-order valence-corrected chi connectivity index (χ1v) is 7.96. The Kier molecular flexibility index (Phi) is 7.06. The Morgan fingerprint density at radius 3 is 2.90 bits per heavy atom. The van der Waals surface area contributed by atoms with E-state index in [0.717, 1.165) is 39.3 Å². The largest absolute Gasteiger partial charge is 0.380 e. The van der Waals surface area contributed by atoms with Crippen LogP contribution < -0.4 is 5.32 Å². The molecule has 1 aliphatic heterocycles. The van der Waals surface area contributed by atoms with Crippen LogP contribution in [0.1, 0.15) is 31.7 Å². The summed E-state index contributed by atoms with van der Waals surface area (Å²) >= 11 is 0. The van der Waals surface area contributed by atoms with Gasteiger partial charge in [-0.15, -0.1) is 0 Å². The van der Waals surface area contributed by atoms with Gasteiger partial charge in [0.15, 0.2) is 0 Å². The highest BCUT2D eigenvalue weighted by molar-refractivity contribution is 5.14. The first kappa shape index (κ1) is 15.5. The first-order valence-electron chi connectivity index (χ1n) is 7.96. The van der Waals surface area contributed by atoms with Crippen LogP contribution in [0.3, 0.4) is 0 Å². The summed E-state index contributed by atoms with van der Waals surface area (Å²) in [5, 5.41) is 3.63. The predicted octanol–water partition coefficient (Wildman–Crippen LogP) is 2.67. The molecular formula is C17H28N2O. The molecule has 1 aliphatic rings. The summed E-state index contributed by atoms with van der Waals surface area (Å²) in [7, 11) is 0. The van der Waals surface area contributed by atoms with E-state index in [9.17, 15) is 0 Å². The average molecular weight is 276 g/mol. The molecule has 2 rings (SSSR count). The minimum atomic E-state index is 0.623. The van der Waals surface area contributed by atoms with Crippen molar-refractivity contribution in [2.75, 3.05) is 32.8 Å². The third-order valence-corrected chi connectivity index (χ3v) is 3.78. The van der Waals surface area contributed by atoms with Crippen LogP contribution >= 0.6 is 0 Å². The molecule has 0 saturated carbocycles. The molecule has 1 fully saturated rings. The molecule has 0 radical (unpaired) electrons. The molecule has 112 valence electrons. The Labute approximate surface area is 123 Å². The van der Waals surface area contributed by atoms with E-state index < -0.39 is 0 Å². The van der Waals surface area contributed by atoms with Crippen molar-refractivity contribution in [3.8, 4) is 0 Å². The number of nitrogens with one attached hydrogen (secondary N) is 1. The fourth-order valence-electron chi connectivity index (χ4n) is 2.79. The Hall–Kier alpha value is -0.900. The zero-order valence-corrected chi connectivity index (χ0v) is 12.7.